The molecule has 0 heterocycles. The minimum atomic E-state index is -0.747. The van der Waals surface area contributed by atoms with Crippen LogP contribution in [0.4, 0.5) is 0 Å². The molecule has 0 aliphatic heterocycles. The van der Waals surface area contributed by atoms with E-state index in [1.165, 1.54) is 0 Å². The summed E-state index contributed by atoms with van der Waals surface area (Å²) in [7, 11) is 6.16. The van der Waals surface area contributed by atoms with Gasteiger partial charge >= 0.3 is 5.97 Å². The molecule has 5 heteroatoms. The van der Waals surface area contributed by atoms with Gasteiger partial charge in [-0.05, 0) is 72.4 Å². The van der Waals surface area contributed by atoms with E-state index in [1.807, 2.05) is 7.05 Å². The lowest BCUT2D eigenvalue weighted by Crippen LogP contribution is -2.60. The molecule has 0 aromatic heterocycles. The summed E-state index contributed by atoms with van der Waals surface area (Å²) in [6, 6.07) is 0. The molecule has 20 heavy (non-hydrogen) atoms. The van der Waals surface area contributed by atoms with Gasteiger partial charge < -0.3 is 20.2 Å². The van der Waals surface area contributed by atoms with Crippen LogP contribution in [0, 0.1) is 5.92 Å². The van der Waals surface area contributed by atoms with Gasteiger partial charge in [0.2, 0.25) is 0 Å². The zero-order chi connectivity index (χ0) is 15.2. The smallest absolute Gasteiger partial charge is 0.325 e. The zero-order valence-corrected chi connectivity index (χ0v) is 13.5. The van der Waals surface area contributed by atoms with E-state index < -0.39 is 11.5 Å². The van der Waals surface area contributed by atoms with Crippen LogP contribution in [0.1, 0.15) is 32.6 Å². The fraction of sp³-hybridized carbons (Fsp3) is 0.933. The first-order valence-corrected chi connectivity index (χ1v) is 7.74. The average Bonchev–Trinajstić information content (AvgIpc) is 3.18. The van der Waals surface area contributed by atoms with Crippen molar-refractivity contribution in [1.82, 2.24) is 15.1 Å². The minimum Gasteiger partial charge on any atom is -0.480 e. The molecule has 0 aromatic carbocycles. The van der Waals surface area contributed by atoms with E-state index in [0.717, 1.165) is 45.3 Å². The zero-order valence-electron chi connectivity index (χ0n) is 13.5. The highest BCUT2D eigenvalue weighted by atomic mass is 16.4. The van der Waals surface area contributed by atoms with Crippen LogP contribution in [0.5, 0.6) is 0 Å². The molecule has 1 atom stereocenters. The Morgan fingerprint density at radius 1 is 1.30 bits per heavy atom. The van der Waals surface area contributed by atoms with Crippen molar-refractivity contribution in [3.05, 3.63) is 0 Å². The number of likely N-dealkylation sites (N-methyl/N-ethyl adjacent to an activating group) is 1. The normalized spacial score (nSPS) is 18.5. The van der Waals surface area contributed by atoms with Gasteiger partial charge in [0.25, 0.3) is 0 Å². The number of nitrogens with one attached hydrogen (secondary N) is 1. The molecule has 0 aromatic rings. The second kappa shape index (κ2) is 7.96. The molecule has 0 bridgehead atoms. The number of carboxylic acids is 1. The molecule has 1 saturated carbocycles. The number of nitrogens with zero attached hydrogens (tertiary/aromatic N) is 2. The van der Waals surface area contributed by atoms with E-state index in [9.17, 15) is 9.90 Å². The van der Waals surface area contributed by atoms with E-state index in [4.69, 9.17) is 0 Å². The van der Waals surface area contributed by atoms with Gasteiger partial charge in [-0.3, -0.25) is 4.79 Å². The molecule has 0 radical (unpaired) electrons. The van der Waals surface area contributed by atoms with Gasteiger partial charge in [-0.1, -0.05) is 6.92 Å². The first kappa shape index (κ1) is 17.4. The number of aliphatic carboxylic acids is 1. The monoisotopic (exact) mass is 285 g/mol. The lowest BCUT2D eigenvalue weighted by molar-refractivity contribution is -0.147. The van der Waals surface area contributed by atoms with E-state index in [-0.39, 0.29) is 0 Å². The predicted octanol–water partition coefficient (Wildman–Crippen LogP) is 1.10. The van der Waals surface area contributed by atoms with Gasteiger partial charge in [-0.25, -0.2) is 0 Å². The largest absolute Gasteiger partial charge is 0.480 e. The molecule has 0 saturated heterocycles. The summed E-state index contributed by atoms with van der Waals surface area (Å²) in [6.45, 7) is 5.42. The van der Waals surface area contributed by atoms with Crippen LogP contribution in [-0.2, 0) is 4.79 Å². The lowest BCUT2D eigenvalue weighted by atomic mass is 9.92. The van der Waals surface area contributed by atoms with E-state index in [1.54, 1.807) is 0 Å². The van der Waals surface area contributed by atoms with Gasteiger partial charge in [-0.15, -0.1) is 0 Å². The van der Waals surface area contributed by atoms with Crippen molar-refractivity contribution >= 4 is 5.97 Å². The third kappa shape index (κ3) is 5.04. The van der Waals surface area contributed by atoms with Crippen molar-refractivity contribution in [2.24, 2.45) is 5.92 Å². The number of hydrogen-bond acceptors (Lipinski definition) is 4. The maximum absolute atomic E-state index is 11.8. The summed E-state index contributed by atoms with van der Waals surface area (Å²) in [5.41, 5.74) is -0.747. The molecule has 1 aliphatic carbocycles. The van der Waals surface area contributed by atoms with Gasteiger partial charge in [0, 0.05) is 6.54 Å². The van der Waals surface area contributed by atoms with Crippen LogP contribution in [0.15, 0.2) is 0 Å². The number of hydrogen-bond donors (Lipinski definition) is 2. The molecule has 0 spiro atoms. The van der Waals surface area contributed by atoms with Gasteiger partial charge in [0.15, 0.2) is 0 Å². The molecule has 1 fully saturated rings. The van der Waals surface area contributed by atoms with Crippen LogP contribution in [0.2, 0.25) is 0 Å². The fourth-order valence-electron chi connectivity index (χ4n) is 2.73. The predicted molar refractivity (Wildman–Crippen MR) is 82.1 cm³/mol. The summed E-state index contributed by atoms with van der Waals surface area (Å²) in [4.78, 5) is 16.2. The van der Waals surface area contributed by atoms with Crippen LogP contribution in [0.25, 0.3) is 0 Å². The number of carboxylic acid groups (broad SMARTS) is 1. The first-order chi connectivity index (χ1) is 9.42. The van der Waals surface area contributed by atoms with E-state index in [2.05, 4.69) is 36.1 Å². The summed E-state index contributed by atoms with van der Waals surface area (Å²) in [5.74, 6) is -0.393. The third-order valence-electron chi connectivity index (χ3n) is 4.01. The van der Waals surface area contributed by atoms with Crippen LogP contribution < -0.4 is 5.32 Å². The summed E-state index contributed by atoms with van der Waals surface area (Å²) >= 11 is 0. The second-order valence-electron chi connectivity index (χ2n) is 6.37. The van der Waals surface area contributed by atoms with Gasteiger partial charge in [-0.2, -0.15) is 0 Å². The highest BCUT2D eigenvalue weighted by Crippen LogP contribution is 2.40. The van der Waals surface area contributed by atoms with Crippen LogP contribution in [-0.4, -0.2) is 73.7 Å². The third-order valence-corrected chi connectivity index (χ3v) is 4.01. The molecule has 0 amide bonds. The molecule has 1 rings (SSSR count). The molecular formula is C15H31N3O2. The average molecular weight is 285 g/mol. The quantitative estimate of drug-likeness (QED) is 0.595. The molecule has 5 nitrogen and oxygen atoms in total. The van der Waals surface area contributed by atoms with Gasteiger partial charge in [0.05, 0.1) is 0 Å². The van der Waals surface area contributed by atoms with Crippen molar-refractivity contribution in [3.63, 3.8) is 0 Å². The SMILES string of the molecule is CCCNC(CN(C)CCCN(C)C)(C(=O)O)C1CC1. The Kier molecular flexibility index (Phi) is 6.92. The Hall–Kier alpha value is -0.650. The standard InChI is InChI=1S/C15H31N3O2/c1-5-9-16-15(14(19)20,13-7-8-13)12-18(4)11-6-10-17(2)3/h13,16H,5-12H2,1-4H3,(H,19,20). The second-order valence-corrected chi connectivity index (χ2v) is 6.37. The highest BCUT2D eigenvalue weighted by molar-refractivity contribution is 5.80. The van der Waals surface area contributed by atoms with Crippen molar-refractivity contribution in [3.8, 4) is 0 Å². The molecule has 2 N–H and O–H groups in total. The topological polar surface area (TPSA) is 55.8 Å². The maximum atomic E-state index is 11.8. The Morgan fingerprint density at radius 3 is 2.40 bits per heavy atom. The summed E-state index contributed by atoms with van der Waals surface area (Å²) in [5, 5.41) is 13.0. The van der Waals surface area contributed by atoms with Crippen LogP contribution >= 0.6 is 0 Å². The molecular weight excluding hydrogens is 254 g/mol. The number of rotatable bonds is 11. The molecule has 1 unspecified atom stereocenters. The summed E-state index contributed by atoms with van der Waals surface area (Å²) in [6.07, 6.45) is 4.10. The lowest BCUT2D eigenvalue weighted by Gasteiger charge is -2.35. The van der Waals surface area contributed by atoms with Crippen molar-refractivity contribution in [2.75, 3.05) is 47.3 Å². The molecule has 118 valence electrons. The highest BCUT2D eigenvalue weighted by Gasteiger charge is 2.51. The van der Waals surface area contributed by atoms with Crippen molar-refractivity contribution in [2.45, 2.75) is 38.1 Å². The Bertz CT molecular complexity index is 305. The molecule has 1 aliphatic rings. The fourth-order valence-corrected chi connectivity index (χ4v) is 2.73. The van der Waals surface area contributed by atoms with Crippen LogP contribution in [0.3, 0.4) is 0 Å². The summed E-state index contributed by atoms with van der Waals surface area (Å²) < 4.78 is 0. The minimum absolute atomic E-state index is 0.294. The Labute approximate surface area is 123 Å². The van der Waals surface area contributed by atoms with E-state index in [0.29, 0.717) is 12.5 Å². The Balaban J connectivity index is 2.56. The van der Waals surface area contributed by atoms with Crippen molar-refractivity contribution < 1.29 is 9.90 Å². The van der Waals surface area contributed by atoms with Gasteiger partial charge in [0.1, 0.15) is 5.54 Å². The Morgan fingerprint density at radius 2 is 1.95 bits per heavy atom. The van der Waals surface area contributed by atoms with Crippen molar-refractivity contribution in [1.29, 1.82) is 0 Å². The maximum Gasteiger partial charge on any atom is 0.325 e. The first-order valence-electron chi connectivity index (χ1n) is 7.74. The number of carbonyl (C=O) groups is 1. The van der Waals surface area contributed by atoms with E-state index >= 15 is 0 Å².